The van der Waals surface area contributed by atoms with Crippen LogP contribution < -0.4 is 4.72 Å². The first-order valence-electron chi connectivity index (χ1n) is 5.26. The topological polar surface area (TPSA) is 98.1 Å². The van der Waals surface area contributed by atoms with Gasteiger partial charge in [0, 0.05) is 13.1 Å². The number of nitrogens with one attached hydrogen (secondary N) is 1. The standard InChI is InChI=1S/C10H10FN3O4S2/c1-14-10(6-7-12-14)13-20(17,18)9-4-2-8(3-5-9)19(11,15)16/h2-7,13H,1H3. The van der Waals surface area contributed by atoms with Crippen LogP contribution in [0.3, 0.4) is 0 Å². The summed E-state index contributed by atoms with van der Waals surface area (Å²) in [5.41, 5.74) is 0. The SMILES string of the molecule is Cn1nccc1NS(=O)(=O)c1ccc(S(=O)(=O)F)cc1. The van der Waals surface area contributed by atoms with Crippen LogP contribution in [0.15, 0.2) is 46.3 Å². The summed E-state index contributed by atoms with van der Waals surface area (Å²) < 4.78 is 61.6. The van der Waals surface area contributed by atoms with Crippen LogP contribution in [0.4, 0.5) is 9.70 Å². The molecule has 2 aromatic rings. The summed E-state index contributed by atoms with van der Waals surface area (Å²) in [6.45, 7) is 0. The van der Waals surface area contributed by atoms with E-state index >= 15 is 0 Å². The van der Waals surface area contributed by atoms with Crippen LogP contribution in [-0.2, 0) is 27.3 Å². The average Bonchev–Trinajstić information content (AvgIpc) is 2.73. The molecule has 10 heteroatoms. The third-order valence-electron chi connectivity index (χ3n) is 2.48. The van der Waals surface area contributed by atoms with Crippen molar-refractivity contribution in [2.24, 2.45) is 7.05 Å². The average molecular weight is 319 g/mol. The number of anilines is 1. The molecule has 0 aliphatic heterocycles. The zero-order chi connectivity index (χ0) is 15.0. The third-order valence-corrected chi connectivity index (χ3v) is 4.68. The molecule has 0 atom stereocenters. The van der Waals surface area contributed by atoms with Gasteiger partial charge in [0.2, 0.25) is 0 Å². The van der Waals surface area contributed by atoms with Crippen molar-refractivity contribution >= 4 is 26.1 Å². The highest BCUT2D eigenvalue weighted by molar-refractivity contribution is 7.92. The fraction of sp³-hybridized carbons (Fsp3) is 0.100. The van der Waals surface area contributed by atoms with Crippen molar-refractivity contribution in [3.63, 3.8) is 0 Å². The molecule has 0 spiro atoms. The highest BCUT2D eigenvalue weighted by atomic mass is 32.3. The molecule has 0 fully saturated rings. The lowest BCUT2D eigenvalue weighted by Crippen LogP contribution is -2.15. The Labute approximate surface area is 115 Å². The first-order valence-corrected chi connectivity index (χ1v) is 8.12. The molecule has 0 saturated heterocycles. The molecule has 7 nitrogen and oxygen atoms in total. The predicted octanol–water partition coefficient (Wildman–Crippen LogP) is 0.879. The largest absolute Gasteiger partial charge is 0.332 e. The molecule has 0 bridgehead atoms. The van der Waals surface area contributed by atoms with Crippen LogP contribution in [-0.4, -0.2) is 26.6 Å². The van der Waals surface area contributed by atoms with Gasteiger partial charge in [0.1, 0.15) is 5.82 Å². The minimum Gasteiger partial charge on any atom is -0.264 e. The van der Waals surface area contributed by atoms with E-state index in [4.69, 9.17) is 0 Å². The number of halogens is 1. The maximum Gasteiger partial charge on any atom is 0.332 e. The van der Waals surface area contributed by atoms with Crippen molar-refractivity contribution < 1.29 is 20.7 Å². The van der Waals surface area contributed by atoms with Gasteiger partial charge in [-0.05, 0) is 24.3 Å². The van der Waals surface area contributed by atoms with E-state index in [1.165, 1.54) is 16.9 Å². The fourth-order valence-corrected chi connectivity index (χ4v) is 3.00. The van der Waals surface area contributed by atoms with Crippen molar-refractivity contribution in [2.45, 2.75) is 9.79 Å². The molecule has 0 amide bonds. The van der Waals surface area contributed by atoms with Crippen LogP contribution in [0.5, 0.6) is 0 Å². The smallest absolute Gasteiger partial charge is 0.264 e. The van der Waals surface area contributed by atoms with Gasteiger partial charge in [0.25, 0.3) is 10.0 Å². The zero-order valence-electron chi connectivity index (χ0n) is 10.2. The van der Waals surface area contributed by atoms with Crippen molar-refractivity contribution in [1.29, 1.82) is 0 Å². The Hall–Kier alpha value is -1.94. The minimum atomic E-state index is -4.85. The normalized spacial score (nSPS) is 12.3. The maximum absolute atomic E-state index is 12.7. The van der Waals surface area contributed by atoms with Crippen LogP contribution in [0.25, 0.3) is 0 Å². The van der Waals surface area contributed by atoms with Crippen LogP contribution >= 0.6 is 0 Å². The summed E-state index contributed by atoms with van der Waals surface area (Å²) in [6.07, 6.45) is 1.41. The highest BCUT2D eigenvalue weighted by Crippen LogP contribution is 2.18. The number of hydrogen-bond acceptors (Lipinski definition) is 5. The van der Waals surface area contributed by atoms with Gasteiger partial charge in [-0.15, -0.1) is 3.89 Å². The van der Waals surface area contributed by atoms with Gasteiger partial charge in [0.15, 0.2) is 0 Å². The molecule has 20 heavy (non-hydrogen) atoms. The molecule has 1 aromatic carbocycles. The van der Waals surface area contributed by atoms with Crippen molar-refractivity contribution in [3.8, 4) is 0 Å². The van der Waals surface area contributed by atoms with Gasteiger partial charge < -0.3 is 0 Å². The Morgan fingerprint density at radius 1 is 1.05 bits per heavy atom. The van der Waals surface area contributed by atoms with E-state index in [0.717, 1.165) is 24.3 Å². The van der Waals surface area contributed by atoms with E-state index in [2.05, 4.69) is 9.82 Å². The van der Waals surface area contributed by atoms with Gasteiger partial charge in [-0.25, -0.2) is 8.42 Å². The Kier molecular flexibility index (Phi) is 3.52. The lowest BCUT2D eigenvalue weighted by Gasteiger charge is -2.08. The van der Waals surface area contributed by atoms with E-state index in [1.807, 2.05) is 0 Å². The zero-order valence-corrected chi connectivity index (χ0v) is 11.8. The predicted molar refractivity (Wildman–Crippen MR) is 68.8 cm³/mol. The van der Waals surface area contributed by atoms with Crippen molar-refractivity contribution in [2.75, 3.05) is 4.72 Å². The maximum atomic E-state index is 12.7. The molecule has 0 unspecified atom stereocenters. The molecule has 108 valence electrons. The van der Waals surface area contributed by atoms with E-state index in [1.54, 1.807) is 7.05 Å². The molecule has 1 aromatic heterocycles. The number of nitrogens with zero attached hydrogens (tertiary/aromatic N) is 2. The first kappa shape index (κ1) is 14.5. The third kappa shape index (κ3) is 2.96. The molecule has 0 aliphatic rings. The number of sulfonamides is 1. The number of hydrogen-bond donors (Lipinski definition) is 1. The number of aromatic nitrogens is 2. The quantitative estimate of drug-likeness (QED) is 0.844. The van der Waals surface area contributed by atoms with E-state index in [-0.39, 0.29) is 10.7 Å². The summed E-state index contributed by atoms with van der Waals surface area (Å²) >= 11 is 0. The van der Waals surface area contributed by atoms with Gasteiger partial charge >= 0.3 is 10.2 Å². The molecular formula is C10H10FN3O4S2. The summed E-state index contributed by atoms with van der Waals surface area (Å²) in [4.78, 5) is -0.789. The monoisotopic (exact) mass is 319 g/mol. The molecular weight excluding hydrogens is 309 g/mol. The van der Waals surface area contributed by atoms with Crippen LogP contribution in [0.2, 0.25) is 0 Å². The second-order valence-corrected chi connectivity index (χ2v) is 6.88. The summed E-state index contributed by atoms with van der Waals surface area (Å²) in [5, 5.41) is 3.80. The molecule has 2 rings (SSSR count). The fourth-order valence-electron chi connectivity index (χ4n) is 1.45. The van der Waals surface area contributed by atoms with Crippen LogP contribution in [0.1, 0.15) is 0 Å². The van der Waals surface area contributed by atoms with E-state index < -0.39 is 25.1 Å². The lowest BCUT2D eigenvalue weighted by molar-refractivity contribution is 0.551. The van der Waals surface area contributed by atoms with Gasteiger partial charge in [-0.2, -0.15) is 13.5 Å². The Morgan fingerprint density at radius 3 is 2.05 bits per heavy atom. The van der Waals surface area contributed by atoms with Gasteiger partial charge in [-0.3, -0.25) is 9.40 Å². The molecule has 1 heterocycles. The Morgan fingerprint density at radius 2 is 1.60 bits per heavy atom. The van der Waals surface area contributed by atoms with E-state index in [0.29, 0.717) is 0 Å². The summed E-state index contributed by atoms with van der Waals surface area (Å²) in [5.74, 6) is 0.243. The lowest BCUT2D eigenvalue weighted by atomic mass is 10.4. The van der Waals surface area contributed by atoms with Crippen LogP contribution in [0, 0.1) is 0 Å². The Balaban J connectivity index is 2.33. The number of aryl methyl sites for hydroxylation is 1. The van der Waals surface area contributed by atoms with Crippen molar-refractivity contribution in [1.82, 2.24) is 9.78 Å². The molecule has 0 radical (unpaired) electrons. The summed E-state index contributed by atoms with van der Waals surface area (Å²) in [6, 6.07) is 5.23. The van der Waals surface area contributed by atoms with E-state index in [9.17, 15) is 20.7 Å². The highest BCUT2D eigenvalue weighted by Gasteiger charge is 2.18. The minimum absolute atomic E-state index is 0.189. The van der Waals surface area contributed by atoms with Crippen molar-refractivity contribution in [3.05, 3.63) is 36.5 Å². The second kappa shape index (κ2) is 4.87. The number of benzene rings is 1. The number of rotatable bonds is 4. The molecule has 0 saturated carbocycles. The molecule has 0 aliphatic carbocycles. The van der Waals surface area contributed by atoms with Gasteiger partial charge in [0.05, 0.1) is 16.0 Å². The first-order chi connectivity index (χ1) is 9.20. The molecule has 1 N–H and O–H groups in total. The Bertz CT molecular complexity index is 826. The second-order valence-electron chi connectivity index (χ2n) is 3.85. The summed E-state index contributed by atoms with van der Waals surface area (Å²) in [7, 11) is -7.19. The van der Waals surface area contributed by atoms with Gasteiger partial charge in [-0.1, -0.05) is 0 Å².